The summed E-state index contributed by atoms with van der Waals surface area (Å²) in [5, 5.41) is 0.119. The summed E-state index contributed by atoms with van der Waals surface area (Å²) in [6.07, 6.45) is 0.889. The third-order valence-electron chi connectivity index (χ3n) is 5.52. The van der Waals surface area contributed by atoms with E-state index in [9.17, 15) is 24.0 Å². The fourth-order valence-corrected chi connectivity index (χ4v) is 3.99. The van der Waals surface area contributed by atoms with Crippen LogP contribution in [0.3, 0.4) is 0 Å². The number of ether oxygens (including phenoxy) is 2. The number of rotatable bonds is 9. The van der Waals surface area contributed by atoms with Gasteiger partial charge in [0.05, 0.1) is 10.6 Å². The standard InChI is InChI=1S/C26H29ClN4O7/c1-3-6-23(33)28-29-24(34)15-30-14-18-7-4-5-8-22(18)31(16-25(30)35)26(36)20-10-9-19(13-21(20)27)38-12-11-37-17(2)32/h4-5,7-10,13H,3,6,11-12,14-16H2,1-2H3,(H,28,33)(H,29,34). The third-order valence-corrected chi connectivity index (χ3v) is 5.83. The van der Waals surface area contributed by atoms with Gasteiger partial charge in [-0.25, -0.2) is 0 Å². The molecule has 4 amide bonds. The fraction of sp³-hybridized carbons (Fsp3) is 0.346. The second-order valence-electron chi connectivity index (χ2n) is 8.45. The molecule has 0 fully saturated rings. The molecule has 0 unspecified atom stereocenters. The molecule has 1 aliphatic rings. The molecule has 0 saturated heterocycles. The van der Waals surface area contributed by atoms with Crippen molar-refractivity contribution in [1.82, 2.24) is 15.8 Å². The molecule has 0 aromatic heterocycles. The zero-order valence-electron chi connectivity index (χ0n) is 21.1. The molecule has 0 bridgehead atoms. The molecule has 0 atom stereocenters. The van der Waals surface area contributed by atoms with E-state index in [1.54, 1.807) is 30.3 Å². The second-order valence-corrected chi connectivity index (χ2v) is 8.85. The lowest BCUT2D eigenvalue weighted by atomic mass is 10.1. The van der Waals surface area contributed by atoms with E-state index in [1.165, 1.54) is 28.9 Å². The van der Waals surface area contributed by atoms with Gasteiger partial charge in [0.15, 0.2) is 0 Å². The highest BCUT2D eigenvalue weighted by atomic mass is 35.5. The summed E-state index contributed by atoms with van der Waals surface area (Å²) in [7, 11) is 0. The summed E-state index contributed by atoms with van der Waals surface area (Å²) in [5.41, 5.74) is 5.96. The van der Waals surface area contributed by atoms with E-state index in [0.717, 1.165) is 0 Å². The van der Waals surface area contributed by atoms with Crippen molar-refractivity contribution in [3.8, 4) is 5.75 Å². The Hall–Kier alpha value is -4.12. The maximum Gasteiger partial charge on any atom is 0.302 e. The number of hydrazine groups is 1. The monoisotopic (exact) mass is 544 g/mol. The van der Waals surface area contributed by atoms with Crippen molar-refractivity contribution in [1.29, 1.82) is 0 Å². The van der Waals surface area contributed by atoms with Gasteiger partial charge in [0, 0.05) is 25.6 Å². The van der Waals surface area contributed by atoms with E-state index in [4.69, 9.17) is 21.1 Å². The van der Waals surface area contributed by atoms with Gasteiger partial charge in [-0.3, -0.25) is 39.7 Å². The SMILES string of the molecule is CCCC(=O)NNC(=O)CN1Cc2ccccc2N(C(=O)c2ccc(OCCOC(C)=O)cc2Cl)CC1=O. The zero-order chi connectivity index (χ0) is 27.7. The van der Waals surface area contributed by atoms with Gasteiger partial charge in [-0.2, -0.15) is 0 Å². The van der Waals surface area contributed by atoms with Gasteiger partial charge in [0.25, 0.3) is 11.8 Å². The Bertz CT molecular complexity index is 1220. The molecule has 11 nitrogen and oxygen atoms in total. The molecule has 3 rings (SSSR count). The molecular weight excluding hydrogens is 516 g/mol. The lowest BCUT2D eigenvalue weighted by Gasteiger charge is -2.23. The summed E-state index contributed by atoms with van der Waals surface area (Å²) >= 11 is 6.40. The van der Waals surface area contributed by atoms with Gasteiger partial charge >= 0.3 is 5.97 Å². The van der Waals surface area contributed by atoms with Gasteiger partial charge in [-0.1, -0.05) is 36.7 Å². The van der Waals surface area contributed by atoms with Crippen molar-refractivity contribution in [3.63, 3.8) is 0 Å². The fourth-order valence-electron chi connectivity index (χ4n) is 3.74. The van der Waals surface area contributed by atoms with Crippen LogP contribution in [0.25, 0.3) is 0 Å². The molecule has 0 aliphatic carbocycles. The number of esters is 1. The second kappa shape index (κ2) is 13.4. The maximum atomic E-state index is 13.5. The van der Waals surface area contributed by atoms with Crippen LogP contribution in [0.2, 0.25) is 5.02 Å². The van der Waals surface area contributed by atoms with Crippen LogP contribution in [0.5, 0.6) is 5.75 Å². The molecule has 0 radical (unpaired) electrons. The maximum absolute atomic E-state index is 13.5. The number of hydrogen-bond donors (Lipinski definition) is 2. The highest BCUT2D eigenvalue weighted by Gasteiger charge is 2.31. The number of carbonyl (C=O) groups excluding carboxylic acids is 5. The molecule has 202 valence electrons. The number of hydrogen-bond acceptors (Lipinski definition) is 7. The quantitative estimate of drug-likeness (QED) is 0.281. The van der Waals surface area contributed by atoms with E-state index < -0.39 is 23.7 Å². The van der Waals surface area contributed by atoms with E-state index in [2.05, 4.69) is 10.9 Å². The lowest BCUT2D eigenvalue weighted by molar-refractivity contribution is -0.141. The summed E-state index contributed by atoms with van der Waals surface area (Å²) in [6.45, 7) is 2.79. The largest absolute Gasteiger partial charge is 0.490 e. The van der Waals surface area contributed by atoms with Crippen LogP contribution in [-0.4, -0.2) is 60.8 Å². The van der Waals surface area contributed by atoms with Crippen molar-refractivity contribution in [2.24, 2.45) is 0 Å². The molecule has 38 heavy (non-hydrogen) atoms. The minimum Gasteiger partial charge on any atom is -0.490 e. The Morgan fingerprint density at radius 3 is 2.45 bits per heavy atom. The molecule has 2 aromatic rings. The number of halogens is 1. The molecule has 0 spiro atoms. The molecule has 2 N–H and O–H groups in total. The molecule has 12 heteroatoms. The number of amides is 4. The summed E-state index contributed by atoms with van der Waals surface area (Å²) in [6, 6.07) is 11.5. The van der Waals surface area contributed by atoms with Gasteiger partial charge in [0.1, 0.15) is 32.1 Å². The van der Waals surface area contributed by atoms with E-state index >= 15 is 0 Å². The first kappa shape index (κ1) is 28.5. The number of carbonyl (C=O) groups is 5. The lowest BCUT2D eigenvalue weighted by Crippen LogP contribution is -2.48. The van der Waals surface area contributed by atoms with Crippen LogP contribution in [0.15, 0.2) is 42.5 Å². The smallest absolute Gasteiger partial charge is 0.302 e. The summed E-state index contributed by atoms with van der Waals surface area (Å²) in [4.78, 5) is 64.2. The summed E-state index contributed by atoms with van der Waals surface area (Å²) < 4.78 is 10.3. The van der Waals surface area contributed by atoms with Crippen molar-refractivity contribution >= 4 is 46.9 Å². The molecule has 0 saturated carbocycles. The normalized spacial score (nSPS) is 12.8. The molecular formula is C26H29ClN4O7. The minimum atomic E-state index is -0.563. The van der Waals surface area contributed by atoms with Crippen molar-refractivity contribution in [2.45, 2.75) is 33.2 Å². The van der Waals surface area contributed by atoms with E-state index in [1.807, 2.05) is 6.92 Å². The van der Waals surface area contributed by atoms with Crippen LogP contribution < -0.4 is 20.5 Å². The van der Waals surface area contributed by atoms with Crippen LogP contribution >= 0.6 is 11.6 Å². The average molecular weight is 545 g/mol. The van der Waals surface area contributed by atoms with Crippen molar-refractivity contribution < 1.29 is 33.4 Å². The van der Waals surface area contributed by atoms with E-state index in [0.29, 0.717) is 23.4 Å². The number of para-hydroxylation sites is 1. The Morgan fingerprint density at radius 2 is 1.74 bits per heavy atom. The van der Waals surface area contributed by atoms with Gasteiger partial charge in [0.2, 0.25) is 11.8 Å². The predicted molar refractivity (Wildman–Crippen MR) is 138 cm³/mol. The first-order valence-electron chi connectivity index (χ1n) is 12.0. The molecule has 1 aliphatic heterocycles. The number of nitrogens with zero attached hydrogens (tertiary/aromatic N) is 2. The number of fused-ring (bicyclic) bond motifs is 1. The Morgan fingerprint density at radius 1 is 1.00 bits per heavy atom. The van der Waals surface area contributed by atoms with Crippen LogP contribution in [0.4, 0.5) is 5.69 Å². The minimum absolute atomic E-state index is 0.0694. The molecule has 1 heterocycles. The highest BCUT2D eigenvalue weighted by Crippen LogP contribution is 2.30. The number of anilines is 1. The topological polar surface area (TPSA) is 134 Å². The zero-order valence-corrected chi connectivity index (χ0v) is 21.9. The van der Waals surface area contributed by atoms with E-state index in [-0.39, 0.29) is 55.8 Å². The number of benzene rings is 2. The Kier molecular flexibility index (Phi) is 10.1. The third kappa shape index (κ3) is 7.69. The predicted octanol–water partition coefficient (Wildman–Crippen LogP) is 2.22. The van der Waals surface area contributed by atoms with Crippen LogP contribution in [0, 0.1) is 0 Å². The Balaban J connectivity index is 1.74. The summed E-state index contributed by atoms with van der Waals surface area (Å²) in [5.74, 6) is -1.88. The van der Waals surface area contributed by atoms with Gasteiger partial charge in [-0.15, -0.1) is 0 Å². The van der Waals surface area contributed by atoms with Gasteiger partial charge < -0.3 is 14.4 Å². The first-order valence-corrected chi connectivity index (χ1v) is 12.4. The average Bonchev–Trinajstić information content (AvgIpc) is 3.01. The molecule has 2 aromatic carbocycles. The Labute approximate surface area is 225 Å². The van der Waals surface area contributed by atoms with Crippen LogP contribution in [0.1, 0.15) is 42.6 Å². The number of nitrogens with one attached hydrogen (secondary N) is 2. The van der Waals surface area contributed by atoms with Crippen molar-refractivity contribution in [2.75, 3.05) is 31.2 Å². The first-order chi connectivity index (χ1) is 18.2. The highest BCUT2D eigenvalue weighted by molar-refractivity contribution is 6.34. The van der Waals surface area contributed by atoms with Crippen LogP contribution in [-0.2, 0) is 30.5 Å². The van der Waals surface area contributed by atoms with Gasteiger partial charge in [-0.05, 0) is 36.2 Å². The van der Waals surface area contributed by atoms with Crippen molar-refractivity contribution in [3.05, 3.63) is 58.6 Å².